The highest BCUT2D eigenvalue weighted by Crippen LogP contribution is 2.19. The summed E-state index contributed by atoms with van der Waals surface area (Å²) in [6.07, 6.45) is 0.639. The van der Waals surface area contributed by atoms with E-state index in [1.807, 2.05) is 38.1 Å². The van der Waals surface area contributed by atoms with Crippen LogP contribution in [0.2, 0.25) is 0 Å². The van der Waals surface area contributed by atoms with E-state index in [0.717, 1.165) is 16.5 Å². The number of H-pyrrole nitrogens is 1. The normalized spacial score (nSPS) is 15.5. The molecular formula is C24H35N5O6S. The van der Waals surface area contributed by atoms with Crippen LogP contribution >= 0.6 is 12.6 Å². The van der Waals surface area contributed by atoms with Gasteiger partial charge in [0.1, 0.15) is 18.1 Å². The van der Waals surface area contributed by atoms with E-state index in [9.17, 15) is 29.4 Å². The summed E-state index contributed by atoms with van der Waals surface area (Å²) in [6, 6.07) is 2.66. The number of thiol groups is 1. The molecule has 36 heavy (non-hydrogen) atoms. The van der Waals surface area contributed by atoms with Crippen LogP contribution < -0.4 is 21.7 Å². The quantitative estimate of drug-likeness (QED) is 0.169. The molecular weight excluding hydrogens is 486 g/mol. The lowest BCUT2D eigenvalue weighted by Crippen LogP contribution is -2.60. The third-order valence-electron chi connectivity index (χ3n) is 5.65. The molecule has 0 aliphatic heterocycles. The number of fused-ring (bicyclic) bond motifs is 1. The van der Waals surface area contributed by atoms with E-state index in [-0.39, 0.29) is 24.5 Å². The summed E-state index contributed by atoms with van der Waals surface area (Å²) in [7, 11) is 0. The van der Waals surface area contributed by atoms with Crippen LogP contribution in [0.25, 0.3) is 10.9 Å². The minimum Gasteiger partial charge on any atom is -0.480 e. The Morgan fingerprint density at radius 2 is 1.64 bits per heavy atom. The van der Waals surface area contributed by atoms with Crippen molar-refractivity contribution in [1.29, 1.82) is 0 Å². The molecule has 0 saturated carbocycles. The van der Waals surface area contributed by atoms with Crippen LogP contribution in [0, 0.1) is 5.92 Å². The predicted molar refractivity (Wildman–Crippen MR) is 138 cm³/mol. The number of aliphatic hydroxyl groups is 1. The maximum absolute atomic E-state index is 13.2. The molecule has 0 saturated heterocycles. The summed E-state index contributed by atoms with van der Waals surface area (Å²) in [5.74, 6) is -3.38. The second kappa shape index (κ2) is 13.3. The largest absolute Gasteiger partial charge is 0.480 e. The number of carboxylic acid groups (broad SMARTS) is 1. The summed E-state index contributed by atoms with van der Waals surface area (Å²) >= 11 is 3.96. The van der Waals surface area contributed by atoms with Gasteiger partial charge < -0.3 is 36.9 Å². The number of hydrogen-bond acceptors (Lipinski definition) is 7. The Bertz CT molecular complexity index is 1070. The fourth-order valence-corrected chi connectivity index (χ4v) is 3.87. The highest BCUT2D eigenvalue weighted by Gasteiger charge is 2.33. The zero-order valence-electron chi connectivity index (χ0n) is 20.5. The monoisotopic (exact) mass is 521 g/mol. The second-order valence-electron chi connectivity index (χ2n) is 9.17. The number of amides is 3. The number of carbonyl (C=O) groups is 4. The topological polar surface area (TPSA) is 187 Å². The van der Waals surface area contributed by atoms with Gasteiger partial charge in [-0.15, -0.1) is 0 Å². The highest BCUT2D eigenvalue weighted by atomic mass is 32.1. The number of rotatable bonds is 13. The van der Waals surface area contributed by atoms with Gasteiger partial charge in [0.25, 0.3) is 0 Å². The average molecular weight is 522 g/mol. The van der Waals surface area contributed by atoms with Crippen molar-refractivity contribution in [3.05, 3.63) is 36.0 Å². The lowest BCUT2D eigenvalue weighted by atomic mass is 10.0. The fraction of sp³-hybridized carbons (Fsp3) is 0.500. The molecule has 0 spiro atoms. The van der Waals surface area contributed by atoms with E-state index in [4.69, 9.17) is 5.73 Å². The summed E-state index contributed by atoms with van der Waals surface area (Å²) in [5.41, 5.74) is 7.20. The van der Waals surface area contributed by atoms with Crippen LogP contribution in [0.1, 0.15) is 32.8 Å². The number of aromatic amines is 1. The first-order valence-electron chi connectivity index (χ1n) is 11.7. The van der Waals surface area contributed by atoms with E-state index < -0.39 is 54.0 Å². The van der Waals surface area contributed by atoms with Gasteiger partial charge in [0, 0.05) is 29.3 Å². The van der Waals surface area contributed by atoms with Crippen molar-refractivity contribution in [2.24, 2.45) is 11.7 Å². The Balaban J connectivity index is 2.32. The molecule has 0 fully saturated rings. The third-order valence-corrected chi connectivity index (χ3v) is 6.04. The molecule has 2 aromatic rings. The van der Waals surface area contributed by atoms with Crippen molar-refractivity contribution in [3.8, 4) is 0 Å². The first-order valence-corrected chi connectivity index (χ1v) is 12.3. The number of carbonyl (C=O) groups excluding carboxylic acids is 3. The van der Waals surface area contributed by atoms with Crippen molar-refractivity contribution in [3.63, 3.8) is 0 Å². The number of benzene rings is 1. The minimum absolute atomic E-state index is 0.000991. The number of hydrogen-bond donors (Lipinski definition) is 8. The van der Waals surface area contributed by atoms with Gasteiger partial charge in [-0.1, -0.05) is 32.0 Å². The Labute approximate surface area is 215 Å². The molecule has 198 valence electrons. The van der Waals surface area contributed by atoms with Crippen LogP contribution in [-0.2, 0) is 25.6 Å². The van der Waals surface area contributed by atoms with Crippen LogP contribution in [0.3, 0.4) is 0 Å². The zero-order chi connectivity index (χ0) is 27.0. The number of para-hydroxylation sites is 1. The number of carboxylic acids is 1. The Morgan fingerprint density at radius 1 is 1.00 bits per heavy atom. The van der Waals surface area contributed by atoms with Crippen molar-refractivity contribution in [1.82, 2.24) is 20.9 Å². The van der Waals surface area contributed by atoms with Gasteiger partial charge in [0.15, 0.2) is 0 Å². The molecule has 12 heteroatoms. The maximum atomic E-state index is 13.2. The van der Waals surface area contributed by atoms with Gasteiger partial charge in [-0.3, -0.25) is 14.4 Å². The van der Waals surface area contributed by atoms with E-state index in [0.29, 0.717) is 0 Å². The van der Waals surface area contributed by atoms with E-state index in [1.54, 1.807) is 6.20 Å². The molecule has 2 rings (SSSR count). The minimum atomic E-state index is -1.40. The van der Waals surface area contributed by atoms with Gasteiger partial charge in [-0.2, -0.15) is 12.6 Å². The molecule has 0 aliphatic rings. The fourth-order valence-electron chi connectivity index (χ4n) is 3.70. The van der Waals surface area contributed by atoms with Crippen molar-refractivity contribution < 1.29 is 29.4 Å². The molecule has 1 aromatic carbocycles. The SMILES string of the molecule is CC(C)CC(NC(=O)C(Cc1c[nH]c2ccccc12)NC(=O)C(NC(=O)C(N)CS)C(C)O)C(=O)O. The first-order chi connectivity index (χ1) is 16.9. The van der Waals surface area contributed by atoms with Gasteiger partial charge >= 0.3 is 5.97 Å². The molecule has 3 amide bonds. The molecule has 11 nitrogen and oxygen atoms in total. The lowest BCUT2D eigenvalue weighted by Gasteiger charge is -2.26. The molecule has 1 heterocycles. The number of nitrogens with one attached hydrogen (secondary N) is 4. The zero-order valence-corrected chi connectivity index (χ0v) is 21.4. The smallest absolute Gasteiger partial charge is 0.326 e. The second-order valence-corrected chi connectivity index (χ2v) is 9.53. The number of nitrogens with two attached hydrogens (primary N) is 1. The van der Waals surface area contributed by atoms with Gasteiger partial charge in [0.2, 0.25) is 17.7 Å². The van der Waals surface area contributed by atoms with Crippen molar-refractivity contribution in [2.45, 2.75) is 63.9 Å². The van der Waals surface area contributed by atoms with E-state index in [2.05, 4.69) is 33.6 Å². The Kier molecular flexibility index (Phi) is 10.8. The van der Waals surface area contributed by atoms with Crippen molar-refractivity contribution >= 4 is 47.2 Å². The summed E-state index contributed by atoms with van der Waals surface area (Å²) in [5, 5.41) is 28.0. The predicted octanol–water partition coefficient (Wildman–Crippen LogP) is -0.0666. The van der Waals surface area contributed by atoms with Crippen LogP contribution in [-0.4, -0.2) is 74.9 Å². The summed E-state index contributed by atoms with van der Waals surface area (Å²) in [6.45, 7) is 4.98. The molecule has 5 unspecified atom stereocenters. The first kappa shape index (κ1) is 29.1. The Morgan fingerprint density at radius 3 is 2.22 bits per heavy atom. The van der Waals surface area contributed by atoms with E-state index in [1.165, 1.54) is 6.92 Å². The van der Waals surface area contributed by atoms with Crippen LogP contribution in [0.5, 0.6) is 0 Å². The maximum Gasteiger partial charge on any atom is 0.326 e. The summed E-state index contributed by atoms with van der Waals surface area (Å²) in [4.78, 5) is 53.3. The average Bonchev–Trinajstić information content (AvgIpc) is 3.22. The number of aromatic nitrogens is 1. The van der Waals surface area contributed by atoms with Crippen LogP contribution in [0.4, 0.5) is 0 Å². The van der Waals surface area contributed by atoms with Gasteiger partial charge in [0.05, 0.1) is 12.1 Å². The standard InChI is InChI=1S/C24H35N5O6S/c1-12(2)8-19(24(34)35)28-22(32)18(9-14-10-26-17-7-5-4-6-15(14)17)27-23(33)20(13(3)30)29-21(31)16(25)11-36/h4-7,10,12-13,16,18-20,26,30,36H,8-9,11,25H2,1-3H3,(H,27,33)(H,28,32)(H,29,31)(H,34,35). The number of aliphatic carboxylic acids is 1. The van der Waals surface area contributed by atoms with Gasteiger partial charge in [-0.05, 0) is 30.9 Å². The lowest BCUT2D eigenvalue weighted by molar-refractivity contribution is -0.143. The highest BCUT2D eigenvalue weighted by molar-refractivity contribution is 7.80. The van der Waals surface area contributed by atoms with Crippen LogP contribution in [0.15, 0.2) is 30.5 Å². The molecule has 8 N–H and O–H groups in total. The van der Waals surface area contributed by atoms with E-state index >= 15 is 0 Å². The van der Waals surface area contributed by atoms with Gasteiger partial charge in [-0.25, -0.2) is 4.79 Å². The summed E-state index contributed by atoms with van der Waals surface area (Å²) < 4.78 is 0. The molecule has 0 bridgehead atoms. The Hall–Kier alpha value is -3.09. The third kappa shape index (κ3) is 7.97. The molecule has 5 atom stereocenters. The molecule has 1 aromatic heterocycles. The molecule has 0 aliphatic carbocycles. The van der Waals surface area contributed by atoms with Crippen molar-refractivity contribution in [2.75, 3.05) is 5.75 Å². The molecule has 0 radical (unpaired) electrons. The number of aliphatic hydroxyl groups excluding tert-OH is 1.